The van der Waals surface area contributed by atoms with Crippen molar-refractivity contribution in [2.24, 2.45) is 0 Å². The normalized spacial score (nSPS) is 16.6. The molecule has 1 aliphatic heterocycles. The Hall–Kier alpha value is 0.0700. The van der Waals surface area contributed by atoms with Crippen molar-refractivity contribution in [3.63, 3.8) is 0 Å². The average molecular weight is 262 g/mol. The zero-order chi connectivity index (χ0) is 8.55. The van der Waals surface area contributed by atoms with Gasteiger partial charge in [0.25, 0.3) is 0 Å². The van der Waals surface area contributed by atoms with E-state index in [9.17, 15) is 0 Å². The summed E-state index contributed by atoms with van der Waals surface area (Å²) in [5.41, 5.74) is 1.22. The molecule has 0 aromatic carbocycles. The Balaban J connectivity index is 2.44. The van der Waals surface area contributed by atoms with Crippen LogP contribution in [0.5, 0.6) is 0 Å². The maximum atomic E-state index is 5.24. The molecule has 1 aromatic rings. The Labute approximate surface area is 89.3 Å². The highest BCUT2D eigenvalue weighted by Crippen LogP contribution is 2.29. The molecule has 4 heteroatoms. The Kier molecular flexibility index (Phi) is 2.48. The molecule has 0 spiro atoms. The minimum Gasteiger partial charge on any atom is -0.376 e. The van der Waals surface area contributed by atoms with Gasteiger partial charge in [-0.25, -0.2) is 0 Å². The van der Waals surface area contributed by atoms with Crippen molar-refractivity contribution in [2.75, 3.05) is 6.54 Å². The summed E-state index contributed by atoms with van der Waals surface area (Å²) < 4.78 is 1.18. The third-order valence-electron chi connectivity index (χ3n) is 1.89. The number of hydrogen-bond acceptors (Lipinski definition) is 2. The number of halogens is 1. The zero-order valence-electron chi connectivity index (χ0n) is 6.39. The predicted octanol–water partition coefficient (Wildman–Crippen LogP) is 2.72. The number of thiocarbonyl (C=S) groups is 1. The van der Waals surface area contributed by atoms with Crippen LogP contribution in [0.15, 0.2) is 9.85 Å². The van der Waals surface area contributed by atoms with E-state index in [4.69, 9.17) is 12.2 Å². The minimum atomic E-state index is 0.907. The lowest BCUT2D eigenvalue weighted by Crippen LogP contribution is -2.20. The Morgan fingerprint density at radius 3 is 3.25 bits per heavy atom. The van der Waals surface area contributed by atoms with Gasteiger partial charge in [-0.2, -0.15) is 0 Å². The van der Waals surface area contributed by atoms with Gasteiger partial charge in [0.05, 0.1) is 3.79 Å². The molecule has 0 atom stereocenters. The van der Waals surface area contributed by atoms with Gasteiger partial charge >= 0.3 is 0 Å². The van der Waals surface area contributed by atoms with Gasteiger partial charge in [-0.3, -0.25) is 0 Å². The van der Waals surface area contributed by atoms with Gasteiger partial charge in [0.2, 0.25) is 0 Å². The second kappa shape index (κ2) is 3.44. The van der Waals surface area contributed by atoms with Crippen molar-refractivity contribution in [1.82, 2.24) is 5.32 Å². The van der Waals surface area contributed by atoms with E-state index in [-0.39, 0.29) is 0 Å². The molecule has 2 rings (SSSR count). The fraction of sp³-hybridized carbons (Fsp3) is 0.375. The molecule has 64 valence electrons. The molecule has 0 unspecified atom stereocenters. The number of hydrogen-bond donors (Lipinski definition) is 1. The number of fused-ring (bicyclic) bond motifs is 1. The highest BCUT2D eigenvalue weighted by molar-refractivity contribution is 9.11. The van der Waals surface area contributed by atoms with Crippen molar-refractivity contribution in [1.29, 1.82) is 0 Å². The van der Waals surface area contributed by atoms with Crippen LogP contribution in [0.3, 0.4) is 0 Å². The van der Waals surface area contributed by atoms with E-state index in [0.717, 1.165) is 18.0 Å². The SMILES string of the molecule is S=C1NCCCc2sc(Br)cc21. The molecule has 2 heterocycles. The first kappa shape index (κ1) is 8.66. The summed E-state index contributed by atoms with van der Waals surface area (Å²) in [7, 11) is 0. The number of rotatable bonds is 0. The maximum absolute atomic E-state index is 5.24. The van der Waals surface area contributed by atoms with Crippen LogP contribution in [-0.4, -0.2) is 11.5 Å². The first-order valence-corrected chi connectivity index (χ1v) is 5.85. The molecule has 0 radical (unpaired) electrons. The summed E-state index contributed by atoms with van der Waals surface area (Å²) in [6.45, 7) is 1.01. The van der Waals surface area contributed by atoms with Crippen molar-refractivity contribution in [3.8, 4) is 0 Å². The quantitative estimate of drug-likeness (QED) is 0.721. The molecule has 0 saturated heterocycles. The van der Waals surface area contributed by atoms with Crippen LogP contribution in [0.2, 0.25) is 0 Å². The largest absolute Gasteiger partial charge is 0.376 e. The van der Waals surface area contributed by atoms with Crippen LogP contribution in [0.25, 0.3) is 0 Å². The molecule has 1 aliphatic rings. The van der Waals surface area contributed by atoms with Gasteiger partial charge in [0.1, 0.15) is 4.99 Å². The molecule has 0 amide bonds. The number of aryl methyl sites for hydroxylation is 1. The summed E-state index contributed by atoms with van der Waals surface area (Å²) in [6, 6.07) is 2.11. The van der Waals surface area contributed by atoms with E-state index >= 15 is 0 Å². The smallest absolute Gasteiger partial charge is 0.107 e. The molecule has 0 bridgehead atoms. The molecule has 0 saturated carbocycles. The van der Waals surface area contributed by atoms with Crippen LogP contribution in [-0.2, 0) is 6.42 Å². The van der Waals surface area contributed by atoms with E-state index < -0.39 is 0 Å². The maximum Gasteiger partial charge on any atom is 0.107 e. The molecule has 12 heavy (non-hydrogen) atoms. The second-order valence-electron chi connectivity index (χ2n) is 2.75. The van der Waals surface area contributed by atoms with Crippen LogP contribution in [0.4, 0.5) is 0 Å². The van der Waals surface area contributed by atoms with Crippen molar-refractivity contribution < 1.29 is 0 Å². The lowest BCUT2D eigenvalue weighted by molar-refractivity contribution is 0.800. The van der Waals surface area contributed by atoms with E-state index in [0.29, 0.717) is 0 Å². The van der Waals surface area contributed by atoms with Gasteiger partial charge in [-0.1, -0.05) is 12.2 Å². The van der Waals surface area contributed by atoms with Crippen molar-refractivity contribution in [2.45, 2.75) is 12.8 Å². The van der Waals surface area contributed by atoms with E-state index in [1.165, 1.54) is 20.6 Å². The molecule has 0 aliphatic carbocycles. The van der Waals surface area contributed by atoms with Crippen LogP contribution in [0.1, 0.15) is 16.9 Å². The van der Waals surface area contributed by atoms with Crippen molar-refractivity contribution in [3.05, 3.63) is 20.3 Å². The molecule has 1 N–H and O–H groups in total. The van der Waals surface area contributed by atoms with Gasteiger partial charge in [-0.15, -0.1) is 11.3 Å². The van der Waals surface area contributed by atoms with Gasteiger partial charge in [0, 0.05) is 17.0 Å². The average Bonchev–Trinajstić information content (AvgIpc) is 2.33. The standard InChI is InChI=1S/C8H8BrNS2/c9-7-4-5-6(12-7)2-1-3-10-8(5)11/h4H,1-3H2,(H,10,11). The van der Waals surface area contributed by atoms with Crippen LogP contribution < -0.4 is 5.32 Å². The van der Waals surface area contributed by atoms with Crippen molar-refractivity contribution >= 4 is 44.5 Å². The first-order valence-electron chi connectivity index (χ1n) is 3.84. The van der Waals surface area contributed by atoms with E-state index in [1.54, 1.807) is 11.3 Å². The lowest BCUT2D eigenvalue weighted by atomic mass is 10.2. The molecule has 1 aromatic heterocycles. The summed E-state index contributed by atoms with van der Waals surface area (Å²) in [5.74, 6) is 0. The predicted molar refractivity (Wildman–Crippen MR) is 60.0 cm³/mol. The highest BCUT2D eigenvalue weighted by atomic mass is 79.9. The minimum absolute atomic E-state index is 0.907. The van der Waals surface area contributed by atoms with E-state index in [2.05, 4.69) is 27.3 Å². The van der Waals surface area contributed by atoms with Crippen LogP contribution in [0, 0.1) is 0 Å². The third kappa shape index (κ3) is 1.56. The third-order valence-corrected chi connectivity index (χ3v) is 3.95. The first-order chi connectivity index (χ1) is 5.77. The van der Waals surface area contributed by atoms with E-state index in [1.807, 2.05) is 0 Å². The number of nitrogens with one attached hydrogen (secondary N) is 1. The molecular weight excluding hydrogens is 254 g/mol. The molecular formula is C8H8BrNS2. The Bertz CT molecular complexity index is 319. The van der Waals surface area contributed by atoms with Gasteiger partial charge in [-0.05, 0) is 34.8 Å². The molecule has 0 fully saturated rings. The fourth-order valence-electron chi connectivity index (χ4n) is 1.32. The second-order valence-corrected chi connectivity index (χ2v) is 5.67. The Morgan fingerprint density at radius 2 is 2.42 bits per heavy atom. The van der Waals surface area contributed by atoms with Gasteiger partial charge < -0.3 is 5.32 Å². The zero-order valence-corrected chi connectivity index (χ0v) is 9.61. The summed E-state index contributed by atoms with van der Waals surface area (Å²) in [4.78, 5) is 2.32. The van der Waals surface area contributed by atoms with Gasteiger partial charge in [0.15, 0.2) is 0 Å². The Morgan fingerprint density at radius 1 is 1.58 bits per heavy atom. The fourth-order valence-corrected chi connectivity index (χ4v) is 3.41. The van der Waals surface area contributed by atoms with Crippen LogP contribution >= 0.6 is 39.5 Å². The summed E-state index contributed by atoms with van der Waals surface area (Å²) in [5, 5.41) is 3.23. The molecule has 1 nitrogen and oxygen atoms in total. The summed E-state index contributed by atoms with van der Waals surface area (Å²) >= 11 is 10.5. The monoisotopic (exact) mass is 261 g/mol. The topological polar surface area (TPSA) is 12.0 Å². The number of thiophene rings is 1. The summed E-state index contributed by atoms with van der Waals surface area (Å²) in [6.07, 6.45) is 2.33. The lowest BCUT2D eigenvalue weighted by Gasteiger charge is -2.00. The highest BCUT2D eigenvalue weighted by Gasteiger charge is 2.14.